The Hall–Kier alpha value is -0.490. The minimum atomic E-state index is -0.218. The Kier molecular flexibility index (Phi) is 6.78. The molecular formula is C13H20BrFN2O. The molecule has 0 fully saturated rings. The zero-order valence-electron chi connectivity index (χ0n) is 10.8. The van der Waals surface area contributed by atoms with Crippen molar-refractivity contribution in [3.05, 3.63) is 34.1 Å². The molecule has 0 aromatic heterocycles. The normalized spacial score (nSPS) is 13.0. The largest absolute Gasteiger partial charge is 0.383 e. The third-order valence-electron chi connectivity index (χ3n) is 2.97. The SMILES string of the molecule is CCN(CCOC)C(CN)c1cc(Br)ccc1F. The second-order valence-electron chi connectivity index (χ2n) is 4.04. The smallest absolute Gasteiger partial charge is 0.128 e. The molecule has 0 aliphatic heterocycles. The quantitative estimate of drug-likeness (QED) is 0.839. The molecule has 0 amide bonds. The molecule has 1 aromatic carbocycles. The number of likely N-dealkylation sites (N-methyl/N-ethyl adjacent to an activating group) is 1. The molecule has 18 heavy (non-hydrogen) atoms. The van der Waals surface area contributed by atoms with Crippen molar-refractivity contribution < 1.29 is 9.13 Å². The zero-order valence-corrected chi connectivity index (χ0v) is 12.4. The van der Waals surface area contributed by atoms with Gasteiger partial charge in [-0.3, -0.25) is 4.90 Å². The number of hydrogen-bond acceptors (Lipinski definition) is 3. The molecule has 0 saturated carbocycles. The van der Waals surface area contributed by atoms with E-state index in [2.05, 4.69) is 20.8 Å². The van der Waals surface area contributed by atoms with Gasteiger partial charge in [-0.15, -0.1) is 0 Å². The number of nitrogens with zero attached hydrogens (tertiary/aromatic N) is 1. The number of rotatable bonds is 7. The topological polar surface area (TPSA) is 38.5 Å². The van der Waals surface area contributed by atoms with Crippen molar-refractivity contribution in [1.29, 1.82) is 0 Å². The highest BCUT2D eigenvalue weighted by Crippen LogP contribution is 2.25. The van der Waals surface area contributed by atoms with Gasteiger partial charge in [0, 0.05) is 30.2 Å². The fraction of sp³-hybridized carbons (Fsp3) is 0.538. The summed E-state index contributed by atoms with van der Waals surface area (Å²) in [7, 11) is 1.66. The fourth-order valence-electron chi connectivity index (χ4n) is 1.99. The number of methoxy groups -OCH3 is 1. The Bertz CT molecular complexity index is 376. The molecule has 3 nitrogen and oxygen atoms in total. The van der Waals surface area contributed by atoms with Gasteiger partial charge in [0.15, 0.2) is 0 Å². The van der Waals surface area contributed by atoms with Crippen LogP contribution in [-0.2, 0) is 4.74 Å². The van der Waals surface area contributed by atoms with Crippen LogP contribution in [0.15, 0.2) is 22.7 Å². The first-order valence-corrected chi connectivity index (χ1v) is 6.81. The summed E-state index contributed by atoms with van der Waals surface area (Å²) < 4.78 is 19.8. The molecule has 2 N–H and O–H groups in total. The number of halogens is 2. The van der Waals surface area contributed by atoms with Crippen LogP contribution in [0.5, 0.6) is 0 Å². The van der Waals surface area contributed by atoms with Crippen molar-refractivity contribution in [3.63, 3.8) is 0 Å². The second-order valence-corrected chi connectivity index (χ2v) is 4.95. The number of benzene rings is 1. The summed E-state index contributed by atoms with van der Waals surface area (Å²) in [6, 6.07) is 4.83. The minimum absolute atomic E-state index is 0.123. The first-order valence-electron chi connectivity index (χ1n) is 6.02. The van der Waals surface area contributed by atoms with E-state index in [1.165, 1.54) is 6.07 Å². The van der Waals surface area contributed by atoms with Crippen molar-refractivity contribution in [2.45, 2.75) is 13.0 Å². The molecule has 0 spiro atoms. The molecule has 1 atom stereocenters. The van der Waals surface area contributed by atoms with Crippen molar-refractivity contribution in [3.8, 4) is 0 Å². The van der Waals surface area contributed by atoms with Crippen LogP contribution in [0.25, 0.3) is 0 Å². The molecule has 1 rings (SSSR count). The summed E-state index contributed by atoms with van der Waals surface area (Å²) in [4.78, 5) is 2.12. The lowest BCUT2D eigenvalue weighted by Crippen LogP contribution is -2.36. The highest BCUT2D eigenvalue weighted by atomic mass is 79.9. The maximum absolute atomic E-state index is 13.9. The average Bonchev–Trinajstić information content (AvgIpc) is 2.38. The van der Waals surface area contributed by atoms with Crippen molar-refractivity contribution in [1.82, 2.24) is 4.90 Å². The van der Waals surface area contributed by atoms with Gasteiger partial charge >= 0.3 is 0 Å². The highest BCUT2D eigenvalue weighted by molar-refractivity contribution is 9.10. The van der Waals surface area contributed by atoms with E-state index < -0.39 is 0 Å². The van der Waals surface area contributed by atoms with Gasteiger partial charge in [0.05, 0.1) is 12.6 Å². The van der Waals surface area contributed by atoms with Crippen LogP contribution in [0.1, 0.15) is 18.5 Å². The van der Waals surface area contributed by atoms with E-state index in [0.717, 1.165) is 17.6 Å². The Morgan fingerprint density at radius 3 is 2.78 bits per heavy atom. The molecule has 0 heterocycles. The van der Waals surface area contributed by atoms with Gasteiger partial charge in [-0.1, -0.05) is 22.9 Å². The lowest BCUT2D eigenvalue weighted by atomic mass is 10.0. The van der Waals surface area contributed by atoms with Crippen LogP contribution in [0.3, 0.4) is 0 Å². The molecular weight excluding hydrogens is 299 g/mol. The van der Waals surface area contributed by atoms with Crippen LogP contribution in [0.2, 0.25) is 0 Å². The summed E-state index contributed by atoms with van der Waals surface area (Å²) in [6.07, 6.45) is 0. The van der Waals surface area contributed by atoms with Gasteiger partial charge in [-0.2, -0.15) is 0 Å². The third-order valence-corrected chi connectivity index (χ3v) is 3.46. The molecule has 0 aliphatic rings. The van der Waals surface area contributed by atoms with E-state index in [9.17, 15) is 4.39 Å². The number of ether oxygens (including phenoxy) is 1. The molecule has 1 unspecified atom stereocenters. The molecule has 1 aromatic rings. The summed E-state index contributed by atoms with van der Waals surface area (Å²) in [6.45, 7) is 4.57. The third kappa shape index (κ3) is 4.02. The fourth-order valence-corrected chi connectivity index (χ4v) is 2.36. The Labute approximate surface area is 116 Å². The summed E-state index contributed by atoms with van der Waals surface area (Å²) in [5.41, 5.74) is 6.44. The predicted molar refractivity (Wildman–Crippen MR) is 75.0 cm³/mol. The summed E-state index contributed by atoms with van der Waals surface area (Å²) >= 11 is 3.37. The van der Waals surface area contributed by atoms with Crippen LogP contribution < -0.4 is 5.73 Å². The monoisotopic (exact) mass is 318 g/mol. The Balaban J connectivity index is 2.95. The maximum Gasteiger partial charge on any atom is 0.128 e. The number of hydrogen-bond donors (Lipinski definition) is 1. The predicted octanol–water partition coefficient (Wildman–Crippen LogP) is 2.56. The lowest BCUT2D eigenvalue weighted by molar-refractivity contribution is 0.124. The average molecular weight is 319 g/mol. The van der Waals surface area contributed by atoms with E-state index in [1.54, 1.807) is 19.2 Å². The van der Waals surface area contributed by atoms with Crippen LogP contribution in [0.4, 0.5) is 4.39 Å². The highest BCUT2D eigenvalue weighted by Gasteiger charge is 2.20. The maximum atomic E-state index is 13.9. The standard InChI is InChI=1S/C13H20BrFN2O/c1-3-17(6-7-18-2)13(9-16)11-8-10(14)4-5-12(11)15/h4-5,8,13H,3,6-7,9,16H2,1-2H3. The van der Waals surface area contributed by atoms with Gasteiger partial charge in [0.2, 0.25) is 0 Å². The van der Waals surface area contributed by atoms with Gasteiger partial charge in [0.1, 0.15) is 5.82 Å². The summed E-state index contributed by atoms with van der Waals surface area (Å²) in [5.74, 6) is -0.218. The van der Waals surface area contributed by atoms with Gasteiger partial charge in [-0.25, -0.2) is 4.39 Å². The molecule has 102 valence electrons. The van der Waals surface area contributed by atoms with E-state index in [4.69, 9.17) is 10.5 Å². The minimum Gasteiger partial charge on any atom is -0.383 e. The van der Waals surface area contributed by atoms with Crippen molar-refractivity contribution >= 4 is 15.9 Å². The summed E-state index contributed by atoms with van der Waals surface area (Å²) in [5, 5.41) is 0. The molecule has 5 heteroatoms. The van der Waals surface area contributed by atoms with Gasteiger partial charge in [-0.05, 0) is 24.7 Å². The van der Waals surface area contributed by atoms with E-state index in [0.29, 0.717) is 18.7 Å². The second kappa shape index (κ2) is 7.84. The van der Waals surface area contributed by atoms with E-state index >= 15 is 0 Å². The van der Waals surface area contributed by atoms with Crippen LogP contribution >= 0.6 is 15.9 Å². The van der Waals surface area contributed by atoms with Gasteiger partial charge in [0.25, 0.3) is 0 Å². The van der Waals surface area contributed by atoms with Crippen LogP contribution in [0, 0.1) is 5.82 Å². The molecule has 0 aliphatic carbocycles. The van der Waals surface area contributed by atoms with E-state index in [1.807, 2.05) is 6.92 Å². The molecule has 0 bridgehead atoms. The van der Waals surface area contributed by atoms with E-state index in [-0.39, 0.29) is 11.9 Å². The van der Waals surface area contributed by atoms with Crippen LogP contribution in [-0.4, -0.2) is 38.3 Å². The first-order chi connectivity index (χ1) is 8.63. The Morgan fingerprint density at radius 1 is 1.50 bits per heavy atom. The number of nitrogens with two attached hydrogens (primary N) is 1. The van der Waals surface area contributed by atoms with Crippen molar-refractivity contribution in [2.24, 2.45) is 5.73 Å². The zero-order chi connectivity index (χ0) is 13.5. The molecule has 0 saturated heterocycles. The van der Waals surface area contributed by atoms with Gasteiger partial charge < -0.3 is 10.5 Å². The first kappa shape index (κ1) is 15.6. The van der Waals surface area contributed by atoms with Crippen molar-refractivity contribution in [2.75, 3.05) is 33.4 Å². The lowest BCUT2D eigenvalue weighted by Gasteiger charge is -2.30. The Morgan fingerprint density at radius 2 is 2.22 bits per heavy atom. The molecule has 0 radical (unpaired) electrons.